The van der Waals surface area contributed by atoms with Gasteiger partial charge in [0.25, 0.3) is 0 Å². The lowest BCUT2D eigenvalue weighted by Gasteiger charge is -2.23. The number of hydrogen-bond acceptors (Lipinski definition) is 2. The van der Waals surface area contributed by atoms with E-state index in [0.29, 0.717) is 6.07 Å². The van der Waals surface area contributed by atoms with Crippen LogP contribution in [0.1, 0.15) is 41.6 Å². The van der Waals surface area contributed by atoms with E-state index in [0.717, 1.165) is 24.3 Å². The first-order valence-corrected chi connectivity index (χ1v) is 9.39. The number of benzene rings is 2. The smallest absolute Gasteiger partial charge is 0.416 e. The molecule has 0 radical (unpaired) electrons. The number of carbonyl (C=O) groups is 2. The number of hydrogen-bond donors (Lipinski definition) is 3. The molecular weight excluding hydrogens is 442 g/mol. The van der Waals surface area contributed by atoms with Crippen LogP contribution in [0.5, 0.6) is 0 Å². The molecule has 32 heavy (non-hydrogen) atoms. The number of urea groups is 1. The fourth-order valence-corrected chi connectivity index (χ4v) is 3.21. The molecule has 1 unspecified atom stereocenters. The zero-order chi connectivity index (χ0) is 24.3. The Morgan fingerprint density at radius 2 is 1.59 bits per heavy atom. The summed E-state index contributed by atoms with van der Waals surface area (Å²) in [5.74, 6) is -1.37. The van der Waals surface area contributed by atoms with Crippen LogP contribution in [0.25, 0.3) is 11.1 Å². The Balaban J connectivity index is 2.77. The molecule has 2 amide bonds. The Hall–Kier alpha value is -3.24. The molecule has 0 fully saturated rings. The highest BCUT2D eigenvalue weighted by Crippen LogP contribution is 2.39. The molecule has 0 aliphatic rings. The van der Waals surface area contributed by atoms with Gasteiger partial charge in [0.2, 0.25) is 0 Å². The normalized spacial score (nSPS) is 12.9. The summed E-state index contributed by atoms with van der Waals surface area (Å²) in [4.78, 5) is 22.8. The molecule has 0 spiro atoms. The average Bonchev–Trinajstić information content (AvgIpc) is 2.69. The summed E-state index contributed by atoms with van der Waals surface area (Å²) >= 11 is 0. The SMILES string of the molecule is CCC(NC(=O)NC)c1cc(C(F)(F)F)ccc1-c1cc(CC(=O)O)cc(C(F)(F)F)c1. The van der Waals surface area contributed by atoms with Crippen LogP contribution in [0.15, 0.2) is 36.4 Å². The zero-order valence-electron chi connectivity index (χ0n) is 17.0. The van der Waals surface area contributed by atoms with Crippen LogP contribution < -0.4 is 10.6 Å². The molecule has 5 nitrogen and oxygen atoms in total. The zero-order valence-corrected chi connectivity index (χ0v) is 17.0. The third kappa shape index (κ3) is 6.14. The summed E-state index contributed by atoms with van der Waals surface area (Å²) in [6.45, 7) is 1.59. The molecule has 0 aliphatic heterocycles. The van der Waals surface area contributed by atoms with Crippen LogP contribution >= 0.6 is 0 Å². The maximum atomic E-state index is 13.4. The van der Waals surface area contributed by atoms with Gasteiger partial charge >= 0.3 is 24.4 Å². The third-order valence-corrected chi connectivity index (χ3v) is 4.68. The van der Waals surface area contributed by atoms with E-state index >= 15 is 0 Å². The van der Waals surface area contributed by atoms with Crippen molar-refractivity contribution >= 4 is 12.0 Å². The van der Waals surface area contributed by atoms with Crippen molar-refractivity contribution < 1.29 is 41.0 Å². The molecule has 0 saturated carbocycles. The van der Waals surface area contributed by atoms with Crippen LogP contribution in [-0.2, 0) is 23.6 Å². The van der Waals surface area contributed by atoms with E-state index in [1.807, 2.05) is 0 Å². The Labute approximate surface area is 179 Å². The van der Waals surface area contributed by atoms with Gasteiger partial charge < -0.3 is 15.7 Å². The number of amides is 2. The first kappa shape index (κ1) is 25.0. The second kappa shape index (κ2) is 9.49. The minimum Gasteiger partial charge on any atom is -0.481 e. The molecular formula is C21H20F6N2O3. The Morgan fingerprint density at radius 1 is 0.969 bits per heavy atom. The van der Waals surface area contributed by atoms with E-state index < -0.39 is 47.9 Å². The molecule has 0 bridgehead atoms. The van der Waals surface area contributed by atoms with Crippen molar-refractivity contribution in [3.63, 3.8) is 0 Å². The summed E-state index contributed by atoms with van der Waals surface area (Å²) in [5.41, 5.74) is -2.49. The van der Waals surface area contributed by atoms with Gasteiger partial charge in [0.1, 0.15) is 0 Å². The van der Waals surface area contributed by atoms with E-state index in [-0.39, 0.29) is 28.7 Å². The number of carbonyl (C=O) groups excluding carboxylic acids is 1. The molecule has 0 saturated heterocycles. The highest BCUT2D eigenvalue weighted by atomic mass is 19.4. The Bertz CT molecular complexity index is 1000. The lowest BCUT2D eigenvalue weighted by atomic mass is 9.89. The second-order valence-corrected chi connectivity index (χ2v) is 6.97. The molecule has 2 aromatic rings. The quantitative estimate of drug-likeness (QED) is 0.503. The van der Waals surface area contributed by atoms with Crippen molar-refractivity contribution in [3.05, 3.63) is 58.7 Å². The van der Waals surface area contributed by atoms with E-state index in [1.165, 1.54) is 13.1 Å². The summed E-state index contributed by atoms with van der Waals surface area (Å²) in [6.07, 6.45) is -10.1. The van der Waals surface area contributed by atoms with Crippen LogP contribution in [0.3, 0.4) is 0 Å². The minimum absolute atomic E-state index is 0.0130. The van der Waals surface area contributed by atoms with E-state index in [4.69, 9.17) is 5.11 Å². The number of rotatable bonds is 6. The molecule has 0 heterocycles. The minimum atomic E-state index is -4.81. The molecule has 0 aromatic heterocycles. The van der Waals surface area contributed by atoms with Crippen LogP contribution in [0, 0.1) is 0 Å². The number of carboxylic acids is 1. The molecule has 2 aromatic carbocycles. The van der Waals surface area contributed by atoms with E-state index in [9.17, 15) is 35.9 Å². The van der Waals surface area contributed by atoms with Crippen molar-refractivity contribution in [2.75, 3.05) is 7.05 Å². The standard InChI is InChI=1S/C21H20F6N2O3/c1-3-17(29-19(32)28-2)16-10-13(20(22,23)24)4-5-15(16)12-6-11(8-18(30)31)7-14(9-12)21(25,26)27/h4-7,9-10,17H,3,8H2,1-2H3,(H,30,31)(H2,28,29,32). The highest BCUT2D eigenvalue weighted by molar-refractivity contribution is 5.77. The number of aliphatic carboxylic acids is 1. The van der Waals surface area contributed by atoms with Crippen molar-refractivity contribution in [3.8, 4) is 11.1 Å². The summed E-state index contributed by atoms with van der Waals surface area (Å²) in [7, 11) is 1.31. The Morgan fingerprint density at radius 3 is 2.09 bits per heavy atom. The number of alkyl halides is 6. The number of carboxylic acid groups (broad SMARTS) is 1. The first-order valence-electron chi connectivity index (χ1n) is 9.39. The van der Waals surface area contributed by atoms with Crippen molar-refractivity contribution in [2.45, 2.75) is 38.2 Å². The maximum Gasteiger partial charge on any atom is 0.416 e. The number of nitrogens with one attached hydrogen (secondary N) is 2. The van der Waals surface area contributed by atoms with Gasteiger partial charge in [-0.2, -0.15) is 26.3 Å². The van der Waals surface area contributed by atoms with Gasteiger partial charge in [0.05, 0.1) is 23.6 Å². The third-order valence-electron chi connectivity index (χ3n) is 4.68. The van der Waals surface area contributed by atoms with Gasteiger partial charge in [-0.25, -0.2) is 4.79 Å². The topological polar surface area (TPSA) is 78.4 Å². The molecule has 174 valence electrons. The molecule has 1 atom stereocenters. The lowest BCUT2D eigenvalue weighted by molar-refractivity contribution is -0.138. The predicted molar refractivity (Wildman–Crippen MR) is 104 cm³/mol. The van der Waals surface area contributed by atoms with E-state index in [2.05, 4.69) is 10.6 Å². The summed E-state index contributed by atoms with van der Waals surface area (Å²) < 4.78 is 80.1. The van der Waals surface area contributed by atoms with Crippen LogP contribution in [0.2, 0.25) is 0 Å². The van der Waals surface area contributed by atoms with E-state index in [1.54, 1.807) is 6.92 Å². The van der Waals surface area contributed by atoms with Gasteiger partial charge in [-0.05, 0) is 52.9 Å². The predicted octanol–water partition coefficient (Wildman–Crippen LogP) is 5.40. The van der Waals surface area contributed by atoms with Gasteiger partial charge in [-0.15, -0.1) is 0 Å². The monoisotopic (exact) mass is 462 g/mol. The maximum absolute atomic E-state index is 13.4. The Kier molecular flexibility index (Phi) is 7.42. The lowest BCUT2D eigenvalue weighted by Crippen LogP contribution is -2.35. The fraction of sp³-hybridized carbons (Fsp3) is 0.333. The highest BCUT2D eigenvalue weighted by Gasteiger charge is 2.34. The fourth-order valence-electron chi connectivity index (χ4n) is 3.21. The number of halogens is 6. The van der Waals surface area contributed by atoms with Gasteiger partial charge in [0, 0.05) is 7.05 Å². The largest absolute Gasteiger partial charge is 0.481 e. The van der Waals surface area contributed by atoms with Crippen molar-refractivity contribution in [1.82, 2.24) is 10.6 Å². The first-order chi connectivity index (χ1) is 14.8. The molecule has 11 heteroatoms. The van der Waals surface area contributed by atoms with Gasteiger partial charge in [-0.3, -0.25) is 4.79 Å². The second-order valence-electron chi connectivity index (χ2n) is 6.97. The average molecular weight is 462 g/mol. The van der Waals surface area contributed by atoms with Crippen LogP contribution in [0.4, 0.5) is 31.1 Å². The molecule has 0 aliphatic carbocycles. The molecule has 2 rings (SSSR count). The van der Waals surface area contributed by atoms with Gasteiger partial charge in [0.15, 0.2) is 0 Å². The molecule has 3 N–H and O–H groups in total. The van der Waals surface area contributed by atoms with Crippen molar-refractivity contribution in [1.29, 1.82) is 0 Å². The summed E-state index contributed by atoms with van der Waals surface area (Å²) in [6, 6.07) is 3.49. The summed E-state index contributed by atoms with van der Waals surface area (Å²) in [5, 5.41) is 13.8. The van der Waals surface area contributed by atoms with Crippen LogP contribution in [-0.4, -0.2) is 24.2 Å². The van der Waals surface area contributed by atoms with Crippen molar-refractivity contribution in [2.24, 2.45) is 0 Å². The van der Waals surface area contributed by atoms with Gasteiger partial charge in [-0.1, -0.05) is 19.1 Å².